The molecule has 2 nitrogen and oxygen atoms in total. The Hall–Kier alpha value is -0.760. The lowest BCUT2D eigenvalue weighted by Gasteiger charge is -2.36. The van der Waals surface area contributed by atoms with Gasteiger partial charge in [0.15, 0.2) is 0 Å². The molecule has 1 aliphatic carbocycles. The van der Waals surface area contributed by atoms with Crippen LogP contribution >= 0.6 is 0 Å². The van der Waals surface area contributed by atoms with Crippen LogP contribution < -0.4 is 0 Å². The third kappa shape index (κ3) is 1.63. The summed E-state index contributed by atoms with van der Waals surface area (Å²) in [5.74, 6) is 0.752. The van der Waals surface area contributed by atoms with Gasteiger partial charge in [-0.1, -0.05) is 12.2 Å². The Bertz CT molecular complexity index is 265. The SMILES string of the molecule is COC1(C)CCC2=C(CC=CC2)O1. The molecule has 0 aromatic heterocycles. The van der Waals surface area contributed by atoms with Crippen LogP contribution in [0.25, 0.3) is 0 Å². The van der Waals surface area contributed by atoms with Gasteiger partial charge in [-0.05, 0) is 18.4 Å². The molecule has 1 atom stereocenters. The molecule has 13 heavy (non-hydrogen) atoms. The van der Waals surface area contributed by atoms with E-state index >= 15 is 0 Å². The Kier molecular flexibility index (Phi) is 2.16. The van der Waals surface area contributed by atoms with Gasteiger partial charge in [-0.15, -0.1) is 0 Å². The summed E-state index contributed by atoms with van der Waals surface area (Å²) in [5, 5.41) is 0. The van der Waals surface area contributed by atoms with Crippen LogP contribution in [0.2, 0.25) is 0 Å². The van der Waals surface area contributed by atoms with Gasteiger partial charge in [0.05, 0.1) is 0 Å². The van der Waals surface area contributed by atoms with Crippen LogP contribution in [0.1, 0.15) is 32.6 Å². The van der Waals surface area contributed by atoms with Crippen molar-refractivity contribution in [3.05, 3.63) is 23.5 Å². The van der Waals surface area contributed by atoms with Crippen molar-refractivity contribution >= 4 is 0 Å². The van der Waals surface area contributed by atoms with Gasteiger partial charge in [0, 0.05) is 26.9 Å². The fraction of sp³-hybridized carbons (Fsp3) is 0.636. The molecule has 72 valence electrons. The van der Waals surface area contributed by atoms with E-state index < -0.39 is 0 Å². The number of methoxy groups -OCH3 is 1. The van der Waals surface area contributed by atoms with Crippen LogP contribution in [0.4, 0.5) is 0 Å². The summed E-state index contributed by atoms with van der Waals surface area (Å²) < 4.78 is 11.2. The molecule has 0 saturated carbocycles. The summed E-state index contributed by atoms with van der Waals surface area (Å²) in [5.41, 5.74) is 1.46. The van der Waals surface area contributed by atoms with Crippen molar-refractivity contribution in [2.75, 3.05) is 7.11 Å². The Morgan fingerprint density at radius 3 is 2.92 bits per heavy atom. The largest absolute Gasteiger partial charge is 0.467 e. The van der Waals surface area contributed by atoms with Crippen molar-refractivity contribution in [3.8, 4) is 0 Å². The molecule has 2 aliphatic rings. The Balaban J connectivity index is 2.14. The average Bonchev–Trinajstić information content (AvgIpc) is 2.18. The fourth-order valence-electron chi connectivity index (χ4n) is 1.86. The van der Waals surface area contributed by atoms with Crippen LogP contribution in [0.5, 0.6) is 0 Å². The molecule has 0 N–H and O–H groups in total. The molecule has 2 heteroatoms. The lowest BCUT2D eigenvalue weighted by molar-refractivity contribution is -0.198. The smallest absolute Gasteiger partial charge is 0.207 e. The summed E-state index contributed by atoms with van der Waals surface area (Å²) in [7, 11) is 1.71. The summed E-state index contributed by atoms with van der Waals surface area (Å²) in [6.45, 7) is 2.01. The van der Waals surface area contributed by atoms with Crippen molar-refractivity contribution in [2.45, 2.75) is 38.4 Å². The fourth-order valence-corrected chi connectivity index (χ4v) is 1.86. The Morgan fingerprint density at radius 1 is 1.38 bits per heavy atom. The number of allylic oxidation sites excluding steroid dienone is 3. The van der Waals surface area contributed by atoms with Crippen LogP contribution in [-0.4, -0.2) is 12.9 Å². The molecule has 2 rings (SSSR count). The zero-order valence-electron chi connectivity index (χ0n) is 8.30. The van der Waals surface area contributed by atoms with Gasteiger partial charge in [0.2, 0.25) is 5.79 Å². The van der Waals surface area contributed by atoms with Crippen LogP contribution in [0.15, 0.2) is 23.5 Å². The quantitative estimate of drug-likeness (QED) is 0.578. The van der Waals surface area contributed by atoms with Crippen molar-refractivity contribution in [2.24, 2.45) is 0 Å². The van der Waals surface area contributed by atoms with Gasteiger partial charge in [-0.2, -0.15) is 0 Å². The third-order valence-electron chi connectivity index (χ3n) is 2.88. The van der Waals surface area contributed by atoms with Gasteiger partial charge in [-0.3, -0.25) is 0 Å². The van der Waals surface area contributed by atoms with Gasteiger partial charge >= 0.3 is 0 Å². The maximum atomic E-state index is 5.83. The molecular formula is C11H16O2. The standard InChI is InChI=1S/C11H16O2/c1-11(12-2)8-7-9-5-3-4-6-10(9)13-11/h3-4H,5-8H2,1-2H3. The van der Waals surface area contributed by atoms with Crippen molar-refractivity contribution in [1.29, 1.82) is 0 Å². The van der Waals surface area contributed by atoms with Gasteiger partial charge in [0.25, 0.3) is 0 Å². The van der Waals surface area contributed by atoms with E-state index in [2.05, 4.69) is 12.2 Å². The first-order valence-corrected chi connectivity index (χ1v) is 4.83. The number of hydrogen-bond acceptors (Lipinski definition) is 2. The van der Waals surface area contributed by atoms with Crippen molar-refractivity contribution in [1.82, 2.24) is 0 Å². The second-order valence-corrected chi connectivity index (χ2v) is 3.85. The highest BCUT2D eigenvalue weighted by Crippen LogP contribution is 2.36. The van der Waals surface area contributed by atoms with Gasteiger partial charge < -0.3 is 9.47 Å². The lowest BCUT2D eigenvalue weighted by Crippen LogP contribution is -2.34. The minimum Gasteiger partial charge on any atom is -0.467 e. The van der Waals surface area contributed by atoms with Crippen molar-refractivity contribution in [3.63, 3.8) is 0 Å². The topological polar surface area (TPSA) is 18.5 Å². The van der Waals surface area contributed by atoms with E-state index in [4.69, 9.17) is 9.47 Å². The number of ether oxygens (including phenoxy) is 2. The first-order chi connectivity index (χ1) is 6.23. The first kappa shape index (κ1) is 8.82. The second kappa shape index (κ2) is 3.18. The zero-order chi connectivity index (χ0) is 9.31. The van der Waals surface area contributed by atoms with Crippen molar-refractivity contribution < 1.29 is 9.47 Å². The van der Waals surface area contributed by atoms with E-state index in [0.29, 0.717) is 0 Å². The average molecular weight is 180 g/mol. The molecule has 0 bridgehead atoms. The van der Waals surface area contributed by atoms with E-state index in [0.717, 1.165) is 31.4 Å². The number of hydrogen-bond donors (Lipinski definition) is 0. The zero-order valence-corrected chi connectivity index (χ0v) is 8.30. The molecule has 1 heterocycles. The molecule has 0 saturated heterocycles. The maximum Gasteiger partial charge on any atom is 0.207 e. The molecule has 0 amide bonds. The molecule has 0 aromatic carbocycles. The minimum absolute atomic E-state index is 0.385. The first-order valence-electron chi connectivity index (χ1n) is 4.83. The highest BCUT2D eigenvalue weighted by Gasteiger charge is 2.32. The Labute approximate surface area is 79.2 Å². The summed E-state index contributed by atoms with van der Waals surface area (Å²) in [6.07, 6.45) is 8.47. The molecule has 1 aliphatic heterocycles. The minimum atomic E-state index is -0.385. The van der Waals surface area contributed by atoms with E-state index in [9.17, 15) is 0 Å². The summed E-state index contributed by atoms with van der Waals surface area (Å²) >= 11 is 0. The molecule has 1 unspecified atom stereocenters. The molecule has 0 fully saturated rings. The van der Waals surface area contributed by atoms with Gasteiger partial charge in [-0.25, -0.2) is 0 Å². The highest BCUT2D eigenvalue weighted by molar-refractivity contribution is 5.22. The van der Waals surface area contributed by atoms with E-state index in [1.165, 1.54) is 5.57 Å². The second-order valence-electron chi connectivity index (χ2n) is 3.85. The summed E-state index contributed by atoms with van der Waals surface area (Å²) in [4.78, 5) is 0. The van der Waals surface area contributed by atoms with E-state index in [1.54, 1.807) is 7.11 Å². The van der Waals surface area contributed by atoms with Gasteiger partial charge in [0.1, 0.15) is 5.76 Å². The van der Waals surface area contributed by atoms with Crippen LogP contribution in [-0.2, 0) is 9.47 Å². The Morgan fingerprint density at radius 2 is 2.15 bits per heavy atom. The molecule has 0 radical (unpaired) electrons. The maximum absolute atomic E-state index is 5.83. The molecule has 0 spiro atoms. The van der Waals surface area contributed by atoms with Crippen LogP contribution in [0.3, 0.4) is 0 Å². The molecule has 0 aromatic rings. The normalized spacial score (nSPS) is 32.8. The monoisotopic (exact) mass is 180 g/mol. The van der Waals surface area contributed by atoms with Crippen LogP contribution in [0, 0.1) is 0 Å². The third-order valence-corrected chi connectivity index (χ3v) is 2.88. The predicted octanol–water partition coefficient (Wildman–Crippen LogP) is 2.76. The molecular weight excluding hydrogens is 164 g/mol. The predicted molar refractivity (Wildman–Crippen MR) is 51.1 cm³/mol. The highest BCUT2D eigenvalue weighted by atomic mass is 16.7. The van der Waals surface area contributed by atoms with E-state index in [-0.39, 0.29) is 5.79 Å². The number of rotatable bonds is 1. The lowest BCUT2D eigenvalue weighted by atomic mass is 9.94. The van der Waals surface area contributed by atoms with E-state index in [1.807, 2.05) is 6.92 Å². The summed E-state index contributed by atoms with van der Waals surface area (Å²) in [6, 6.07) is 0.